The zero-order chi connectivity index (χ0) is 17.9. The summed E-state index contributed by atoms with van der Waals surface area (Å²) in [5, 5.41) is 0. The zero-order valence-electron chi connectivity index (χ0n) is 15.6. The molecule has 1 amide bonds. The van der Waals surface area contributed by atoms with E-state index in [9.17, 15) is 4.79 Å². The van der Waals surface area contributed by atoms with E-state index in [4.69, 9.17) is 0 Å². The highest BCUT2D eigenvalue weighted by Gasteiger charge is 2.30. The van der Waals surface area contributed by atoms with Gasteiger partial charge in [0.25, 0.3) is 5.91 Å². The maximum atomic E-state index is 13.0. The molecule has 2 aromatic rings. The third-order valence-electron chi connectivity index (χ3n) is 5.68. The van der Waals surface area contributed by atoms with Crippen molar-refractivity contribution in [2.45, 2.75) is 50.7 Å². The van der Waals surface area contributed by atoms with Crippen LogP contribution in [0.1, 0.15) is 54.3 Å². The molecule has 1 saturated carbocycles. The predicted molar refractivity (Wildman–Crippen MR) is 102 cm³/mol. The first kappa shape index (κ1) is 17.3. The van der Waals surface area contributed by atoms with Gasteiger partial charge in [-0.3, -0.25) is 14.7 Å². The molecule has 0 bridgehead atoms. The Morgan fingerprint density at radius 1 is 1.15 bits per heavy atom. The smallest absolute Gasteiger partial charge is 0.270 e. The molecule has 4 rings (SSSR count). The Kier molecular flexibility index (Phi) is 5.07. The van der Waals surface area contributed by atoms with E-state index in [0.29, 0.717) is 12.1 Å². The molecule has 2 aromatic heterocycles. The maximum Gasteiger partial charge on any atom is 0.270 e. The summed E-state index contributed by atoms with van der Waals surface area (Å²) in [7, 11) is 2.18. The SMILES string of the molecule is CN(Cc1ccccn1)[C@@H]1CCCN(C(=O)c2cccn2C2CC2)CC1. The lowest BCUT2D eigenvalue weighted by Gasteiger charge is -2.27. The van der Waals surface area contributed by atoms with Crippen molar-refractivity contribution in [2.75, 3.05) is 20.1 Å². The molecule has 1 aliphatic carbocycles. The van der Waals surface area contributed by atoms with Crippen LogP contribution in [0.3, 0.4) is 0 Å². The number of carbonyl (C=O) groups excluding carboxylic acids is 1. The monoisotopic (exact) mass is 352 g/mol. The van der Waals surface area contributed by atoms with E-state index >= 15 is 0 Å². The van der Waals surface area contributed by atoms with Gasteiger partial charge in [0.1, 0.15) is 5.69 Å². The van der Waals surface area contributed by atoms with E-state index in [1.54, 1.807) is 0 Å². The van der Waals surface area contributed by atoms with Gasteiger partial charge in [-0.2, -0.15) is 0 Å². The molecule has 1 saturated heterocycles. The Bertz CT molecular complexity index is 737. The number of hydrogen-bond acceptors (Lipinski definition) is 3. The molecular weight excluding hydrogens is 324 g/mol. The van der Waals surface area contributed by atoms with Crippen LogP contribution in [0.15, 0.2) is 42.7 Å². The van der Waals surface area contributed by atoms with Gasteiger partial charge in [0.15, 0.2) is 0 Å². The average molecular weight is 352 g/mol. The number of amides is 1. The van der Waals surface area contributed by atoms with E-state index in [0.717, 1.165) is 50.3 Å². The fourth-order valence-electron chi connectivity index (χ4n) is 4.01. The maximum absolute atomic E-state index is 13.0. The number of pyridine rings is 1. The molecule has 0 spiro atoms. The van der Waals surface area contributed by atoms with Crippen LogP contribution >= 0.6 is 0 Å². The van der Waals surface area contributed by atoms with Crippen LogP contribution in [-0.4, -0.2) is 51.4 Å². The van der Waals surface area contributed by atoms with E-state index in [1.807, 2.05) is 30.5 Å². The lowest BCUT2D eigenvalue weighted by molar-refractivity contribution is 0.0746. The van der Waals surface area contributed by atoms with Crippen molar-refractivity contribution in [3.63, 3.8) is 0 Å². The number of nitrogens with zero attached hydrogens (tertiary/aromatic N) is 4. The summed E-state index contributed by atoms with van der Waals surface area (Å²) < 4.78 is 2.18. The third-order valence-corrected chi connectivity index (χ3v) is 5.68. The van der Waals surface area contributed by atoms with Gasteiger partial charge >= 0.3 is 0 Å². The van der Waals surface area contributed by atoms with Gasteiger partial charge in [0.2, 0.25) is 0 Å². The quantitative estimate of drug-likeness (QED) is 0.829. The average Bonchev–Trinajstić information content (AvgIpc) is 3.44. The number of likely N-dealkylation sites (tertiary alicyclic amines) is 1. The molecule has 1 atom stereocenters. The molecule has 0 aromatic carbocycles. The van der Waals surface area contributed by atoms with Crippen LogP contribution < -0.4 is 0 Å². The van der Waals surface area contributed by atoms with E-state index < -0.39 is 0 Å². The second-order valence-corrected chi connectivity index (χ2v) is 7.64. The predicted octanol–water partition coefficient (Wildman–Crippen LogP) is 3.34. The Hall–Kier alpha value is -2.14. The van der Waals surface area contributed by atoms with E-state index in [1.165, 1.54) is 12.8 Å². The Labute approximate surface area is 155 Å². The molecule has 5 nitrogen and oxygen atoms in total. The summed E-state index contributed by atoms with van der Waals surface area (Å²) in [4.78, 5) is 21.9. The van der Waals surface area contributed by atoms with Crippen molar-refractivity contribution in [3.8, 4) is 0 Å². The minimum Gasteiger partial charge on any atom is -0.340 e. The highest BCUT2D eigenvalue weighted by molar-refractivity contribution is 5.92. The zero-order valence-corrected chi connectivity index (χ0v) is 15.6. The fraction of sp³-hybridized carbons (Fsp3) is 0.524. The molecule has 138 valence electrons. The molecule has 2 fully saturated rings. The van der Waals surface area contributed by atoms with Gasteiger partial charge in [-0.25, -0.2) is 0 Å². The molecule has 2 aliphatic rings. The molecule has 0 unspecified atom stereocenters. The van der Waals surface area contributed by atoms with Crippen molar-refractivity contribution < 1.29 is 4.79 Å². The molecule has 26 heavy (non-hydrogen) atoms. The molecule has 3 heterocycles. The first-order valence-corrected chi connectivity index (χ1v) is 9.78. The molecule has 0 N–H and O–H groups in total. The van der Waals surface area contributed by atoms with E-state index in [2.05, 4.69) is 38.7 Å². The summed E-state index contributed by atoms with van der Waals surface area (Å²) in [5.74, 6) is 0.204. The minimum atomic E-state index is 0.204. The summed E-state index contributed by atoms with van der Waals surface area (Å²) >= 11 is 0. The lowest BCUT2D eigenvalue weighted by atomic mass is 10.1. The highest BCUT2D eigenvalue weighted by atomic mass is 16.2. The molecule has 0 radical (unpaired) electrons. The molecule has 5 heteroatoms. The van der Waals surface area contributed by atoms with Gasteiger partial charge in [0.05, 0.1) is 5.69 Å². The standard InChI is InChI=1S/C21H28N4O/c1-23(16-17-6-2-3-12-22-17)18-7-4-13-24(15-11-18)21(26)20-8-5-14-25(20)19-9-10-19/h2-3,5-6,8,12,14,18-19H,4,7,9-11,13,15-16H2,1H3/t18-/m1/s1. The van der Waals surface area contributed by atoms with Crippen LogP contribution in [0, 0.1) is 0 Å². The Morgan fingerprint density at radius 2 is 2.04 bits per heavy atom. The first-order valence-electron chi connectivity index (χ1n) is 9.78. The van der Waals surface area contributed by atoms with Crippen molar-refractivity contribution in [1.29, 1.82) is 0 Å². The van der Waals surface area contributed by atoms with Crippen LogP contribution in [-0.2, 0) is 6.54 Å². The number of rotatable bonds is 5. The number of hydrogen-bond donors (Lipinski definition) is 0. The number of aromatic nitrogens is 2. The van der Waals surface area contributed by atoms with Crippen molar-refractivity contribution in [1.82, 2.24) is 19.4 Å². The fourth-order valence-corrected chi connectivity index (χ4v) is 4.01. The second kappa shape index (κ2) is 7.62. The minimum absolute atomic E-state index is 0.204. The van der Waals surface area contributed by atoms with Gasteiger partial charge in [-0.15, -0.1) is 0 Å². The van der Waals surface area contributed by atoms with Crippen LogP contribution in [0.25, 0.3) is 0 Å². The Morgan fingerprint density at radius 3 is 2.81 bits per heavy atom. The summed E-state index contributed by atoms with van der Waals surface area (Å²) in [6, 6.07) is 11.1. The summed E-state index contributed by atoms with van der Waals surface area (Å²) in [5.41, 5.74) is 1.97. The second-order valence-electron chi connectivity index (χ2n) is 7.64. The molecule has 1 aliphatic heterocycles. The van der Waals surface area contributed by atoms with Crippen LogP contribution in [0.2, 0.25) is 0 Å². The topological polar surface area (TPSA) is 41.4 Å². The van der Waals surface area contributed by atoms with Crippen LogP contribution in [0.5, 0.6) is 0 Å². The Balaban J connectivity index is 1.37. The first-order chi connectivity index (χ1) is 12.7. The van der Waals surface area contributed by atoms with Crippen LogP contribution in [0.4, 0.5) is 0 Å². The van der Waals surface area contributed by atoms with E-state index in [-0.39, 0.29) is 5.91 Å². The van der Waals surface area contributed by atoms with Gasteiger partial charge in [0, 0.05) is 44.1 Å². The summed E-state index contributed by atoms with van der Waals surface area (Å²) in [6.07, 6.45) is 9.55. The van der Waals surface area contributed by atoms with Gasteiger partial charge < -0.3 is 9.47 Å². The number of carbonyl (C=O) groups is 1. The highest BCUT2D eigenvalue weighted by Crippen LogP contribution is 2.36. The lowest BCUT2D eigenvalue weighted by Crippen LogP contribution is -2.35. The van der Waals surface area contributed by atoms with Gasteiger partial charge in [-0.05, 0) is 63.4 Å². The van der Waals surface area contributed by atoms with Crippen molar-refractivity contribution >= 4 is 5.91 Å². The largest absolute Gasteiger partial charge is 0.340 e. The molecular formula is C21H28N4O. The van der Waals surface area contributed by atoms with Gasteiger partial charge in [-0.1, -0.05) is 6.07 Å². The third kappa shape index (κ3) is 3.83. The normalized spacial score (nSPS) is 21.0. The van der Waals surface area contributed by atoms with Crippen molar-refractivity contribution in [3.05, 3.63) is 54.1 Å². The summed E-state index contributed by atoms with van der Waals surface area (Å²) in [6.45, 7) is 2.57. The van der Waals surface area contributed by atoms with Crippen molar-refractivity contribution in [2.24, 2.45) is 0 Å².